The van der Waals surface area contributed by atoms with Gasteiger partial charge in [-0.2, -0.15) is 0 Å². The van der Waals surface area contributed by atoms with Crippen LogP contribution >= 0.6 is 12.2 Å². The van der Waals surface area contributed by atoms with Crippen LogP contribution in [0.25, 0.3) is 0 Å². The van der Waals surface area contributed by atoms with Gasteiger partial charge in [0.25, 0.3) is 0 Å². The van der Waals surface area contributed by atoms with Crippen molar-refractivity contribution in [1.29, 1.82) is 0 Å². The van der Waals surface area contributed by atoms with Gasteiger partial charge in [0.1, 0.15) is 0 Å². The van der Waals surface area contributed by atoms with E-state index in [4.69, 9.17) is 18.0 Å². The highest BCUT2D eigenvalue weighted by Gasteiger charge is 2.28. The lowest BCUT2D eigenvalue weighted by atomic mass is 9.98. The average Bonchev–Trinajstić information content (AvgIpc) is 2.81. The number of nitrogens with two attached hydrogens (primary N) is 1. The number of nitrogens with zero attached hydrogens (tertiary/aromatic N) is 1. The van der Waals surface area contributed by atoms with Crippen molar-refractivity contribution >= 4 is 22.9 Å². The fourth-order valence-corrected chi connectivity index (χ4v) is 3.36. The van der Waals surface area contributed by atoms with Crippen LogP contribution in [-0.2, 0) is 6.42 Å². The molecule has 2 nitrogen and oxygen atoms in total. The Labute approximate surface area is 131 Å². The van der Waals surface area contributed by atoms with E-state index < -0.39 is 0 Å². The summed E-state index contributed by atoms with van der Waals surface area (Å²) in [5, 5.41) is 0. The largest absolute Gasteiger partial charge is 0.393 e. The van der Waals surface area contributed by atoms with Gasteiger partial charge in [0.05, 0.1) is 10.9 Å². The summed E-state index contributed by atoms with van der Waals surface area (Å²) in [5.41, 5.74) is 9.95. The molecule has 0 bridgehead atoms. The minimum atomic E-state index is 0.0924. The summed E-state index contributed by atoms with van der Waals surface area (Å²) in [5.74, 6) is 0.0924. The van der Waals surface area contributed by atoms with Crippen molar-refractivity contribution in [2.24, 2.45) is 5.73 Å². The first kappa shape index (κ1) is 14.1. The highest BCUT2D eigenvalue weighted by Crippen LogP contribution is 2.33. The van der Waals surface area contributed by atoms with Gasteiger partial charge in [-0.3, -0.25) is 0 Å². The van der Waals surface area contributed by atoms with E-state index in [0.29, 0.717) is 11.0 Å². The zero-order valence-electron chi connectivity index (χ0n) is 12.2. The molecule has 3 rings (SSSR count). The summed E-state index contributed by atoms with van der Waals surface area (Å²) < 4.78 is 0. The second kappa shape index (κ2) is 5.86. The molecule has 2 N–H and O–H groups in total. The Bertz CT molecular complexity index is 639. The standard InChI is InChI=1S/C18H20N2S/c1-13-11-15-9-5-6-10-17(15)20(13)12-16(18(19)21)14-7-3-2-4-8-14/h2-10,13,16H,11-12H2,1H3,(H2,19,21). The molecule has 0 aromatic heterocycles. The summed E-state index contributed by atoms with van der Waals surface area (Å²) in [6.45, 7) is 3.11. The number of fused-ring (bicyclic) bond motifs is 1. The SMILES string of the molecule is CC1Cc2ccccc2N1CC(C(N)=S)c1ccccc1. The van der Waals surface area contributed by atoms with Gasteiger partial charge >= 0.3 is 0 Å². The lowest BCUT2D eigenvalue weighted by Gasteiger charge is -2.29. The molecule has 1 aliphatic heterocycles. The molecule has 0 spiro atoms. The van der Waals surface area contributed by atoms with E-state index in [1.54, 1.807) is 0 Å². The predicted octanol–water partition coefficient (Wildman–Crippen LogP) is 3.51. The quantitative estimate of drug-likeness (QED) is 0.876. The maximum atomic E-state index is 6.02. The summed E-state index contributed by atoms with van der Waals surface area (Å²) in [6.07, 6.45) is 1.09. The molecule has 0 aliphatic carbocycles. The fraction of sp³-hybridized carbons (Fsp3) is 0.278. The van der Waals surface area contributed by atoms with Crippen LogP contribution in [0.4, 0.5) is 5.69 Å². The van der Waals surface area contributed by atoms with Gasteiger partial charge in [0.2, 0.25) is 0 Å². The molecule has 1 aliphatic rings. The van der Waals surface area contributed by atoms with Crippen LogP contribution in [-0.4, -0.2) is 17.6 Å². The molecule has 1 heterocycles. The summed E-state index contributed by atoms with van der Waals surface area (Å²) in [4.78, 5) is 3.00. The third-order valence-electron chi connectivity index (χ3n) is 4.27. The van der Waals surface area contributed by atoms with Gasteiger partial charge in [-0.15, -0.1) is 0 Å². The zero-order chi connectivity index (χ0) is 14.8. The lowest BCUT2D eigenvalue weighted by molar-refractivity contribution is 0.655. The molecule has 0 amide bonds. The number of hydrogen-bond donors (Lipinski definition) is 1. The first-order chi connectivity index (χ1) is 10.2. The monoisotopic (exact) mass is 296 g/mol. The average molecular weight is 296 g/mol. The van der Waals surface area contributed by atoms with Gasteiger partial charge < -0.3 is 10.6 Å². The normalized spacial score (nSPS) is 18.3. The van der Waals surface area contributed by atoms with Crippen LogP contribution in [0.3, 0.4) is 0 Å². The van der Waals surface area contributed by atoms with Crippen molar-refractivity contribution in [1.82, 2.24) is 0 Å². The van der Waals surface area contributed by atoms with Crippen molar-refractivity contribution in [2.45, 2.75) is 25.3 Å². The molecule has 21 heavy (non-hydrogen) atoms. The van der Waals surface area contributed by atoms with Crippen molar-refractivity contribution in [3.05, 3.63) is 65.7 Å². The van der Waals surface area contributed by atoms with E-state index in [9.17, 15) is 0 Å². The van der Waals surface area contributed by atoms with Crippen LogP contribution in [0.15, 0.2) is 54.6 Å². The van der Waals surface area contributed by atoms with Crippen LogP contribution < -0.4 is 10.6 Å². The Balaban J connectivity index is 1.89. The minimum Gasteiger partial charge on any atom is -0.393 e. The van der Waals surface area contributed by atoms with Gasteiger partial charge in [-0.25, -0.2) is 0 Å². The maximum Gasteiger partial charge on any atom is 0.0821 e. The summed E-state index contributed by atoms with van der Waals surface area (Å²) in [7, 11) is 0. The van der Waals surface area contributed by atoms with Gasteiger partial charge in [0, 0.05) is 18.3 Å². The Morgan fingerprint density at radius 3 is 2.57 bits per heavy atom. The second-order valence-corrected chi connectivity index (χ2v) is 6.17. The van der Waals surface area contributed by atoms with E-state index in [0.717, 1.165) is 13.0 Å². The molecular weight excluding hydrogens is 276 g/mol. The molecule has 2 atom stereocenters. The first-order valence-corrected chi connectivity index (χ1v) is 7.76. The van der Waals surface area contributed by atoms with Crippen molar-refractivity contribution in [3.63, 3.8) is 0 Å². The predicted molar refractivity (Wildman–Crippen MR) is 92.9 cm³/mol. The molecule has 2 aromatic carbocycles. The van der Waals surface area contributed by atoms with Crippen LogP contribution in [0.2, 0.25) is 0 Å². The zero-order valence-corrected chi connectivity index (χ0v) is 13.0. The van der Waals surface area contributed by atoms with Gasteiger partial charge in [-0.05, 0) is 30.5 Å². The Hall–Kier alpha value is -1.87. The highest BCUT2D eigenvalue weighted by molar-refractivity contribution is 7.80. The van der Waals surface area contributed by atoms with E-state index in [-0.39, 0.29) is 5.92 Å². The number of thiocarbonyl (C=S) groups is 1. The molecule has 3 heteroatoms. The molecule has 0 saturated carbocycles. The smallest absolute Gasteiger partial charge is 0.0821 e. The molecule has 0 fully saturated rings. The number of hydrogen-bond acceptors (Lipinski definition) is 2. The van der Waals surface area contributed by atoms with E-state index in [2.05, 4.69) is 48.2 Å². The lowest BCUT2D eigenvalue weighted by Crippen LogP contribution is -2.37. The van der Waals surface area contributed by atoms with Gasteiger partial charge in [-0.1, -0.05) is 60.7 Å². The van der Waals surface area contributed by atoms with Crippen molar-refractivity contribution in [3.8, 4) is 0 Å². The number of rotatable bonds is 4. The van der Waals surface area contributed by atoms with Crippen molar-refractivity contribution < 1.29 is 0 Å². The van der Waals surface area contributed by atoms with E-state index >= 15 is 0 Å². The maximum absolute atomic E-state index is 6.02. The Kier molecular flexibility index (Phi) is 3.93. The summed E-state index contributed by atoms with van der Waals surface area (Å²) >= 11 is 5.32. The van der Waals surface area contributed by atoms with Crippen LogP contribution in [0.5, 0.6) is 0 Å². The number of para-hydroxylation sites is 1. The highest BCUT2D eigenvalue weighted by atomic mass is 32.1. The third kappa shape index (κ3) is 2.79. The van der Waals surface area contributed by atoms with Crippen LogP contribution in [0, 0.1) is 0 Å². The minimum absolute atomic E-state index is 0.0924. The van der Waals surface area contributed by atoms with Crippen molar-refractivity contribution in [2.75, 3.05) is 11.4 Å². The molecule has 0 radical (unpaired) electrons. The van der Waals surface area contributed by atoms with E-state index in [1.807, 2.05) is 18.2 Å². The Morgan fingerprint density at radius 2 is 1.86 bits per heavy atom. The molecular formula is C18H20N2S. The number of anilines is 1. The molecule has 2 unspecified atom stereocenters. The topological polar surface area (TPSA) is 29.3 Å². The number of benzene rings is 2. The molecule has 0 saturated heterocycles. The van der Waals surface area contributed by atoms with Crippen LogP contribution in [0.1, 0.15) is 24.0 Å². The first-order valence-electron chi connectivity index (χ1n) is 7.35. The molecule has 2 aromatic rings. The third-order valence-corrected chi connectivity index (χ3v) is 4.56. The van der Waals surface area contributed by atoms with E-state index in [1.165, 1.54) is 16.8 Å². The molecule has 108 valence electrons. The second-order valence-electron chi connectivity index (χ2n) is 5.70. The summed E-state index contributed by atoms with van der Waals surface area (Å²) in [6, 6.07) is 19.4. The Morgan fingerprint density at radius 1 is 1.19 bits per heavy atom. The van der Waals surface area contributed by atoms with Gasteiger partial charge in [0.15, 0.2) is 0 Å². The fourth-order valence-electron chi connectivity index (χ4n) is 3.15.